The van der Waals surface area contributed by atoms with Crippen molar-refractivity contribution in [1.29, 1.82) is 0 Å². The van der Waals surface area contributed by atoms with E-state index in [-0.39, 0.29) is 0 Å². The van der Waals surface area contributed by atoms with Gasteiger partial charge in [-0.2, -0.15) is 0 Å². The molecule has 0 saturated heterocycles. The van der Waals surface area contributed by atoms with E-state index in [1.807, 2.05) is 11.8 Å². The molecule has 1 aliphatic rings. The molecule has 0 radical (unpaired) electrons. The van der Waals surface area contributed by atoms with Gasteiger partial charge in [0.1, 0.15) is 5.75 Å². The number of methoxy groups -OCH3 is 1. The van der Waals surface area contributed by atoms with Gasteiger partial charge >= 0.3 is 0 Å². The lowest BCUT2D eigenvalue weighted by Crippen LogP contribution is -2.00. The van der Waals surface area contributed by atoms with Crippen LogP contribution in [-0.2, 0) is 0 Å². The second kappa shape index (κ2) is 5.53. The van der Waals surface area contributed by atoms with Crippen LogP contribution in [0.5, 0.6) is 5.75 Å². The Morgan fingerprint density at radius 3 is 2.50 bits per heavy atom. The van der Waals surface area contributed by atoms with Crippen LogP contribution >= 0.6 is 11.8 Å². The Hall–Kier alpha value is -1.41. The molecular formula is C18H20OS. The van der Waals surface area contributed by atoms with Gasteiger partial charge in [-0.15, -0.1) is 11.8 Å². The Morgan fingerprint density at radius 1 is 1.10 bits per heavy atom. The van der Waals surface area contributed by atoms with Crippen molar-refractivity contribution in [3.63, 3.8) is 0 Å². The van der Waals surface area contributed by atoms with Crippen LogP contribution in [0.1, 0.15) is 42.4 Å². The van der Waals surface area contributed by atoms with Crippen molar-refractivity contribution in [2.24, 2.45) is 0 Å². The second-order valence-corrected chi connectivity index (χ2v) is 6.65. The number of hydrogen-bond donors (Lipinski definition) is 0. The maximum atomic E-state index is 5.25. The van der Waals surface area contributed by atoms with Gasteiger partial charge in [0.15, 0.2) is 0 Å². The minimum Gasteiger partial charge on any atom is -0.497 e. The first kappa shape index (κ1) is 13.6. The van der Waals surface area contributed by atoms with Crippen molar-refractivity contribution in [3.05, 3.63) is 59.2 Å². The summed E-state index contributed by atoms with van der Waals surface area (Å²) in [6.45, 7) is 4.51. The van der Waals surface area contributed by atoms with E-state index in [1.165, 1.54) is 21.6 Å². The van der Waals surface area contributed by atoms with Crippen LogP contribution in [0.4, 0.5) is 0 Å². The van der Waals surface area contributed by atoms with Gasteiger partial charge in [-0.3, -0.25) is 0 Å². The van der Waals surface area contributed by atoms with Crippen LogP contribution in [0, 0.1) is 0 Å². The van der Waals surface area contributed by atoms with Gasteiger partial charge in [0.2, 0.25) is 0 Å². The summed E-state index contributed by atoms with van der Waals surface area (Å²) in [5.74, 6) is 3.17. The smallest absolute Gasteiger partial charge is 0.118 e. The minimum atomic E-state index is 0.514. The summed E-state index contributed by atoms with van der Waals surface area (Å²) >= 11 is 1.97. The summed E-state index contributed by atoms with van der Waals surface area (Å²) in [6.07, 6.45) is 0. The highest BCUT2D eigenvalue weighted by molar-refractivity contribution is 7.99. The number of ether oxygens (including phenoxy) is 1. The van der Waals surface area contributed by atoms with Crippen molar-refractivity contribution < 1.29 is 4.74 Å². The molecule has 2 aromatic rings. The van der Waals surface area contributed by atoms with Gasteiger partial charge in [-0.25, -0.2) is 0 Å². The first-order valence-corrected chi connectivity index (χ1v) is 8.08. The van der Waals surface area contributed by atoms with Crippen LogP contribution in [0.25, 0.3) is 0 Å². The lowest BCUT2D eigenvalue weighted by Gasteiger charge is -2.14. The fraction of sp³-hybridized carbons (Fsp3) is 0.333. The number of fused-ring (bicyclic) bond motifs is 1. The average molecular weight is 284 g/mol. The molecule has 0 saturated carbocycles. The van der Waals surface area contributed by atoms with E-state index in [1.54, 1.807) is 7.11 Å². The lowest BCUT2D eigenvalue weighted by molar-refractivity contribution is 0.414. The molecule has 1 heterocycles. The summed E-state index contributed by atoms with van der Waals surface area (Å²) in [4.78, 5) is 1.44. The molecule has 0 N–H and O–H groups in total. The van der Waals surface area contributed by atoms with Gasteiger partial charge in [-0.05, 0) is 40.8 Å². The molecule has 0 spiro atoms. The highest BCUT2D eigenvalue weighted by Crippen LogP contribution is 2.44. The Bertz CT molecular complexity index is 601. The van der Waals surface area contributed by atoms with Crippen LogP contribution < -0.4 is 4.74 Å². The Labute approximate surface area is 125 Å². The molecule has 20 heavy (non-hydrogen) atoms. The van der Waals surface area contributed by atoms with E-state index in [0.717, 1.165) is 11.5 Å². The third-order valence-corrected chi connectivity index (χ3v) is 5.18. The van der Waals surface area contributed by atoms with E-state index in [0.29, 0.717) is 11.8 Å². The summed E-state index contributed by atoms with van der Waals surface area (Å²) < 4.78 is 5.25. The van der Waals surface area contributed by atoms with E-state index < -0.39 is 0 Å². The van der Waals surface area contributed by atoms with E-state index in [9.17, 15) is 0 Å². The van der Waals surface area contributed by atoms with Crippen molar-refractivity contribution >= 4 is 11.8 Å². The maximum Gasteiger partial charge on any atom is 0.118 e. The second-order valence-electron chi connectivity index (χ2n) is 5.59. The maximum absolute atomic E-state index is 5.25. The Morgan fingerprint density at radius 2 is 1.85 bits per heavy atom. The normalized spacial score (nSPS) is 17.3. The molecule has 1 atom stereocenters. The zero-order chi connectivity index (χ0) is 14.1. The fourth-order valence-corrected chi connectivity index (χ4v) is 3.96. The summed E-state index contributed by atoms with van der Waals surface area (Å²) in [5.41, 5.74) is 4.31. The standard InChI is InChI=1S/C18H20OS/c1-12(2)14-6-9-18-16(10-14)17(11-20-18)13-4-7-15(19-3)8-5-13/h4-10,12,17H,11H2,1-3H3. The van der Waals surface area contributed by atoms with E-state index >= 15 is 0 Å². The third kappa shape index (κ3) is 2.45. The monoisotopic (exact) mass is 284 g/mol. The highest BCUT2D eigenvalue weighted by Gasteiger charge is 2.25. The molecule has 0 aromatic heterocycles. The molecule has 0 aliphatic carbocycles. The largest absolute Gasteiger partial charge is 0.497 e. The number of benzene rings is 2. The summed E-state index contributed by atoms with van der Waals surface area (Å²) in [7, 11) is 1.71. The fourth-order valence-electron chi connectivity index (χ4n) is 2.70. The van der Waals surface area contributed by atoms with Crippen LogP contribution in [0.2, 0.25) is 0 Å². The van der Waals surface area contributed by atoms with Crippen molar-refractivity contribution in [1.82, 2.24) is 0 Å². The first-order chi connectivity index (χ1) is 9.69. The molecule has 2 heteroatoms. The molecule has 2 aromatic carbocycles. The molecule has 0 bridgehead atoms. The zero-order valence-electron chi connectivity index (χ0n) is 12.2. The Kier molecular flexibility index (Phi) is 3.75. The third-order valence-electron chi connectivity index (χ3n) is 4.00. The quantitative estimate of drug-likeness (QED) is 0.779. The molecule has 1 nitrogen and oxygen atoms in total. The number of hydrogen-bond acceptors (Lipinski definition) is 2. The molecular weight excluding hydrogens is 264 g/mol. The molecule has 3 rings (SSSR count). The van der Waals surface area contributed by atoms with Crippen molar-refractivity contribution in [2.75, 3.05) is 12.9 Å². The van der Waals surface area contributed by atoms with E-state index in [2.05, 4.69) is 56.3 Å². The first-order valence-electron chi connectivity index (χ1n) is 7.09. The predicted molar refractivity (Wildman–Crippen MR) is 86.1 cm³/mol. The van der Waals surface area contributed by atoms with Crippen LogP contribution in [-0.4, -0.2) is 12.9 Å². The molecule has 0 amide bonds. The van der Waals surface area contributed by atoms with Gasteiger partial charge in [-0.1, -0.05) is 38.1 Å². The van der Waals surface area contributed by atoms with Crippen molar-refractivity contribution in [2.45, 2.75) is 30.6 Å². The summed E-state index contributed by atoms with van der Waals surface area (Å²) in [5, 5.41) is 0. The van der Waals surface area contributed by atoms with Gasteiger partial charge in [0.05, 0.1) is 7.11 Å². The van der Waals surface area contributed by atoms with Gasteiger partial charge < -0.3 is 4.74 Å². The lowest BCUT2D eigenvalue weighted by atomic mass is 9.90. The van der Waals surface area contributed by atoms with Gasteiger partial charge in [0, 0.05) is 16.6 Å². The molecule has 0 fully saturated rings. The Balaban J connectivity index is 1.96. The number of rotatable bonds is 3. The predicted octanol–water partition coefficient (Wildman–Crippen LogP) is 5.06. The highest BCUT2D eigenvalue weighted by atomic mass is 32.2. The van der Waals surface area contributed by atoms with E-state index in [4.69, 9.17) is 4.74 Å². The SMILES string of the molecule is COc1ccc(C2CSc3ccc(C(C)C)cc32)cc1. The van der Waals surface area contributed by atoms with Crippen LogP contribution in [0.3, 0.4) is 0 Å². The minimum absolute atomic E-state index is 0.514. The molecule has 1 aliphatic heterocycles. The topological polar surface area (TPSA) is 9.23 Å². The van der Waals surface area contributed by atoms with Crippen LogP contribution in [0.15, 0.2) is 47.4 Å². The van der Waals surface area contributed by atoms with Gasteiger partial charge in [0.25, 0.3) is 0 Å². The number of thioether (sulfide) groups is 1. The molecule has 1 unspecified atom stereocenters. The molecule has 104 valence electrons. The average Bonchev–Trinajstić information content (AvgIpc) is 2.90. The zero-order valence-corrected chi connectivity index (χ0v) is 13.0. The summed E-state index contributed by atoms with van der Waals surface area (Å²) in [6, 6.07) is 15.5. The van der Waals surface area contributed by atoms with Crippen molar-refractivity contribution in [3.8, 4) is 5.75 Å².